The molecule has 1 aromatic carbocycles. The number of anilines is 1. The third-order valence-electron chi connectivity index (χ3n) is 4.85. The fourth-order valence-electron chi connectivity index (χ4n) is 3.30. The van der Waals surface area contributed by atoms with Gasteiger partial charge in [0.1, 0.15) is 30.2 Å². The average molecular weight is 426 g/mol. The smallest absolute Gasteiger partial charge is 0.260 e. The van der Waals surface area contributed by atoms with Gasteiger partial charge in [0.05, 0.1) is 11.1 Å². The lowest BCUT2D eigenvalue weighted by atomic mass is 9.96. The zero-order valence-electron chi connectivity index (χ0n) is 17.4. The molecule has 2 atom stereocenters. The summed E-state index contributed by atoms with van der Waals surface area (Å²) in [7, 11) is 0. The van der Waals surface area contributed by atoms with Gasteiger partial charge < -0.3 is 15.8 Å². The first-order chi connectivity index (χ1) is 14.5. The molecule has 6 nitrogen and oxygen atoms in total. The molecule has 0 radical (unpaired) electrons. The molecule has 1 aliphatic rings. The highest BCUT2D eigenvalue weighted by Gasteiger charge is 2.61. The van der Waals surface area contributed by atoms with Gasteiger partial charge in [0.2, 0.25) is 5.91 Å². The van der Waals surface area contributed by atoms with Crippen LogP contribution in [-0.2, 0) is 4.79 Å². The Labute approximate surface area is 179 Å². The number of nitrogens with one attached hydrogen (secondary N) is 1. The number of nitrogens with two attached hydrogens (primary N) is 1. The van der Waals surface area contributed by atoms with Gasteiger partial charge in [-0.3, -0.25) is 4.79 Å². The Morgan fingerprint density at radius 3 is 2.71 bits per heavy atom. The molecule has 1 aliphatic carbocycles. The quantitative estimate of drug-likeness (QED) is 0.614. The minimum absolute atomic E-state index is 0.169. The summed E-state index contributed by atoms with van der Waals surface area (Å²) >= 11 is 0. The SMILES string of the molecule is C=C(C)CC(C)(N)COc1ccc(-c2ccnc(NC(=O)[C@H]3CC3(F)F)c2)cc1C#N. The fraction of sp³-hybridized carbons (Fsp3) is 0.348. The number of halogens is 2. The van der Waals surface area contributed by atoms with E-state index in [1.54, 1.807) is 30.3 Å². The van der Waals surface area contributed by atoms with E-state index in [0.717, 1.165) is 5.57 Å². The molecular weight excluding hydrogens is 402 g/mol. The minimum atomic E-state index is -2.94. The molecule has 3 rings (SSSR count). The molecule has 0 spiro atoms. The van der Waals surface area contributed by atoms with Crippen molar-refractivity contribution in [3.63, 3.8) is 0 Å². The molecule has 1 amide bonds. The van der Waals surface area contributed by atoms with Gasteiger partial charge in [0.15, 0.2) is 0 Å². The zero-order chi connectivity index (χ0) is 22.8. The van der Waals surface area contributed by atoms with Gasteiger partial charge >= 0.3 is 0 Å². The van der Waals surface area contributed by atoms with Crippen LogP contribution in [0.3, 0.4) is 0 Å². The normalized spacial score (nSPS) is 18.4. The third-order valence-corrected chi connectivity index (χ3v) is 4.85. The number of amides is 1. The van der Waals surface area contributed by atoms with Gasteiger partial charge in [-0.25, -0.2) is 13.8 Å². The van der Waals surface area contributed by atoms with Crippen molar-refractivity contribution in [1.82, 2.24) is 4.98 Å². The second-order valence-corrected chi connectivity index (χ2v) is 8.34. The molecular formula is C23H24F2N4O2. The Kier molecular flexibility index (Phi) is 6.09. The summed E-state index contributed by atoms with van der Waals surface area (Å²) in [5.41, 5.74) is 8.22. The monoisotopic (exact) mass is 426 g/mol. The summed E-state index contributed by atoms with van der Waals surface area (Å²) in [5, 5.41) is 12.0. The van der Waals surface area contributed by atoms with E-state index in [2.05, 4.69) is 22.9 Å². The van der Waals surface area contributed by atoms with Crippen LogP contribution in [-0.4, -0.2) is 29.0 Å². The van der Waals surface area contributed by atoms with Crippen LogP contribution < -0.4 is 15.8 Å². The maximum atomic E-state index is 13.1. The largest absolute Gasteiger partial charge is 0.490 e. The number of hydrogen-bond acceptors (Lipinski definition) is 5. The van der Waals surface area contributed by atoms with Crippen molar-refractivity contribution in [2.75, 3.05) is 11.9 Å². The van der Waals surface area contributed by atoms with E-state index >= 15 is 0 Å². The average Bonchev–Trinajstić information content (AvgIpc) is 3.34. The van der Waals surface area contributed by atoms with Crippen LogP contribution in [0.15, 0.2) is 48.7 Å². The highest BCUT2D eigenvalue weighted by molar-refractivity contribution is 5.95. The number of carbonyl (C=O) groups excluding carboxylic acids is 1. The van der Waals surface area contributed by atoms with Gasteiger partial charge in [-0.1, -0.05) is 11.6 Å². The van der Waals surface area contributed by atoms with Gasteiger partial charge in [-0.2, -0.15) is 5.26 Å². The standard InChI is InChI=1S/C23H24F2N4O2/c1-14(2)10-22(3,27)13-31-19-5-4-15(8-17(19)12-26)16-6-7-28-20(9-16)29-21(30)18-11-23(18,24)25/h4-9,18H,1,10-11,13,27H2,2-3H3,(H,28,29,30)/t18-,22?/m1/s1. The number of aromatic nitrogens is 1. The predicted octanol–water partition coefficient (Wildman–Crippen LogP) is 4.28. The topological polar surface area (TPSA) is 101 Å². The highest BCUT2D eigenvalue weighted by Crippen LogP contribution is 2.49. The van der Waals surface area contributed by atoms with Crippen molar-refractivity contribution in [3.8, 4) is 22.9 Å². The molecule has 3 N–H and O–H groups in total. The van der Waals surface area contributed by atoms with Gasteiger partial charge in [0.25, 0.3) is 5.92 Å². The summed E-state index contributed by atoms with van der Waals surface area (Å²) in [4.78, 5) is 15.9. The van der Waals surface area contributed by atoms with Gasteiger partial charge in [-0.05, 0) is 55.7 Å². The van der Waals surface area contributed by atoms with Crippen LogP contribution in [0.4, 0.5) is 14.6 Å². The van der Waals surface area contributed by atoms with E-state index in [9.17, 15) is 18.8 Å². The summed E-state index contributed by atoms with van der Waals surface area (Å²) < 4.78 is 31.9. The van der Waals surface area contributed by atoms with Crippen molar-refractivity contribution in [3.05, 3.63) is 54.2 Å². The summed E-state index contributed by atoms with van der Waals surface area (Å²) in [6.45, 7) is 7.82. The number of hydrogen-bond donors (Lipinski definition) is 2. The van der Waals surface area contributed by atoms with E-state index < -0.39 is 29.7 Å². The number of nitriles is 1. The van der Waals surface area contributed by atoms with Gasteiger partial charge in [-0.15, -0.1) is 6.58 Å². The Hall–Kier alpha value is -3.31. The number of pyridine rings is 1. The third kappa shape index (κ3) is 5.64. The van der Waals surface area contributed by atoms with Gasteiger partial charge in [0, 0.05) is 12.6 Å². The molecule has 8 heteroatoms. The molecule has 0 aliphatic heterocycles. The van der Waals surface area contributed by atoms with Crippen LogP contribution in [0.25, 0.3) is 11.1 Å². The molecule has 1 unspecified atom stereocenters. The molecule has 1 saturated carbocycles. The number of nitrogens with zero attached hydrogens (tertiary/aromatic N) is 2. The Bertz CT molecular complexity index is 1060. The number of ether oxygens (including phenoxy) is 1. The zero-order valence-corrected chi connectivity index (χ0v) is 17.4. The van der Waals surface area contributed by atoms with Crippen LogP contribution in [0, 0.1) is 17.2 Å². The first-order valence-electron chi connectivity index (χ1n) is 9.76. The van der Waals surface area contributed by atoms with E-state index in [-0.39, 0.29) is 12.4 Å². The van der Waals surface area contributed by atoms with Crippen molar-refractivity contribution in [2.24, 2.45) is 11.7 Å². The van der Waals surface area contributed by atoms with E-state index in [4.69, 9.17) is 10.5 Å². The summed E-state index contributed by atoms with van der Waals surface area (Å²) in [6.07, 6.45) is 1.61. The Balaban J connectivity index is 1.74. The maximum absolute atomic E-state index is 13.1. The van der Waals surface area contributed by atoms with Crippen molar-refractivity contribution >= 4 is 11.7 Å². The second-order valence-electron chi connectivity index (χ2n) is 8.34. The van der Waals surface area contributed by atoms with Crippen molar-refractivity contribution in [1.29, 1.82) is 5.26 Å². The van der Waals surface area contributed by atoms with E-state index in [1.165, 1.54) is 6.20 Å². The first-order valence-corrected chi connectivity index (χ1v) is 9.76. The Morgan fingerprint density at radius 1 is 1.42 bits per heavy atom. The van der Waals surface area contributed by atoms with Crippen LogP contribution in [0.5, 0.6) is 5.75 Å². The maximum Gasteiger partial charge on any atom is 0.260 e. The Morgan fingerprint density at radius 2 is 2.10 bits per heavy atom. The molecule has 1 heterocycles. The number of rotatable bonds is 8. The van der Waals surface area contributed by atoms with Crippen molar-refractivity contribution < 1.29 is 18.3 Å². The van der Waals surface area contributed by atoms with E-state index in [1.807, 2.05) is 13.8 Å². The molecule has 0 saturated heterocycles. The van der Waals surface area contributed by atoms with Crippen molar-refractivity contribution in [2.45, 2.75) is 38.2 Å². The molecule has 31 heavy (non-hydrogen) atoms. The van der Waals surface area contributed by atoms with Crippen LogP contribution in [0.2, 0.25) is 0 Å². The highest BCUT2D eigenvalue weighted by atomic mass is 19.3. The molecule has 0 bridgehead atoms. The lowest BCUT2D eigenvalue weighted by Gasteiger charge is -2.25. The van der Waals surface area contributed by atoms with Crippen LogP contribution >= 0.6 is 0 Å². The lowest BCUT2D eigenvalue weighted by Crippen LogP contribution is -2.42. The van der Waals surface area contributed by atoms with Crippen LogP contribution in [0.1, 0.15) is 32.3 Å². The number of alkyl halides is 2. The minimum Gasteiger partial charge on any atom is -0.490 e. The molecule has 1 aromatic heterocycles. The fourth-order valence-corrected chi connectivity index (χ4v) is 3.30. The first kappa shape index (κ1) is 22.4. The summed E-state index contributed by atoms with van der Waals surface area (Å²) in [6, 6.07) is 10.5. The number of benzene rings is 1. The second kappa shape index (κ2) is 8.44. The summed E-state index contributed by atoms with van der Waals surface area (Å²) in [5.74, 6) is -4.43. The molecule has 1 fully saturated rings. The molecule has 2 aromatic rings. The lowest BCUT2D eigenvalue weighted by molar-refractivity contribution is -0.119. The van der Waals surface area contributed by atoms with E-state index in [0.29, 0.717) is 28.9 Å². The number of carbonyl (C=O) groups is 1. The molecule has 162 valence electrons. The predicted molar refractivity (Wildman–Crippen MR) is 114 cm³/mol.